The minimum Gasteiger partial charge on any atom is -0.465 e. The highest BCUT2D eigenvalue weighted by molar-refractivity contribution is 5.92. The van der Waals surface area contributed by atoms with Crippen LogP contribution < -0.4 is 11.1 Å². The van der Waals surface area contributed by atoms with Crippen LogP contribution in [-0.4, -0.2) is 32.3 Å². The summed E-state index contributed by atoms with van der Waals surface area (Å²) in [5.74, 6) is -0.365. The van der Waals surface area contributed by atoms with Crippen molar-refractivity contribution in [1.82, 2.24) is 0 Å². The van der Waals surface area contributed by atoms with Gasteiger partial charge >= 0.3 is 5.97 Å². The fraction of sp³-hybridized carbons (Fsp3) is 0.417. The Morgan fingerprint density at radius 1 is 1.59 bits per heavy atom. The molecule has 0 aliphatic carbocycles. The summed E-state index contributed by atoms with van der Waals surface area (Å²) < 4.78 is 9.94. The quantitative estimate of drug-likeness (QED) is 0.610. The first-order chi connectivity index (χ1) is 8.20. The first kappa shape index (κ1) is 11.7. The molecule has 0 amide bonds. The molecule has 0 bridgehead atoms. The highest BCUT2D eigenvalue weighted by atomic mass is 16.5. The lowest BCUT2D eigenvalue weighted by Crippen LogP contribution is -2.20. The van der Waals surface area contributed by atoms with Gasteiger partial charge in [-0.2, -0.15) is 0 Å². The van der Waals surface area contributed by atoms with Crippen molar-refractivity contribution in [3.63, 3.8) is 0 Å². The molecule has 17 heavy (non-hydrogen) atoms. The molecule has 1 atom stereocenters. The van der Waals surface area contributed by atoms with Gasteiger partial charge in [0, 0.05) is 6.61 Å². The van der Waals surface area contributed by atoms with Crippen LogP contribution in [0.15, 0.2) is 18.2 Å². The zero-order valence-electron chi connectivity index (χ0n) is 9.73. The molecule has 1 saturated heterocycles. The van der Waals surface area contributed by atoms with Gasteiger partial charge in [-0.1, -0.05) is 0 Å². The Morgan fingerprint density at radius 2 is 2.41 bits per heavy atom. The average Bonchev–Trinajstić information content (AvgIpc) is 2.84. The van der Waals surface area contributed by atoms with Crippen molar-refractivity contribution in [1.29, 1.82) is 0 Å². The van der Waals surface area contributed by atoms with E-state index in [4.69, 9.17) is 10.5 Å². The van der Waals surface area contributed by atoms with Crippen LogP contribution in [0.4, 0.5) is 11.4 Å². The van der Waals surface area contributed by atoms with Crippen LogP contribution >= 0.6 is 0 Å². The zero-order chi connectivity index (χ0) is 12.3. The van der Waals surface area contributed by atoms with Crippen molar-refractivity contribution < 1.29 is 14.3 Å². The predicted octanol–water partition coefficient (Wildman–Crippen LogP) is 1.26. The first-order valence-corrected chi connectivity index (χ1v) is 5.53. The zero-order valence-corrected chi connectivity index (χ0v) is 9.73. The lowest BCUT2D eigenvalue weighted by atomic mass is 10.1. The summed E-state index contributed by atoms with van der Waals surface area (Å²) in [7, 11) is 1.36. The summed E-state index contributed by atoms with van der Waals surface area (Å²) in [6, 6.07) is 5.31. The number of nitrogen functional groups attached to an aromatic ring is 1. The van der Waals surface area contributed by atoms with Gasteiger partial charge in [-0.25, -0.2) is 4.79 Å². The Bertz CT molecular complexity index is 414. The Balaban J connectivity index is 2.16. The lowest BCUT2D eigenvalue weighted by molar-refractivity contribution is 0.0601. The molecule has 0 aromatic heterocycles. The summed E-state index contributed by atoms with van der Waals surface area (Å²) in [4.78, 5) is 11.4. The van der Waals surface area contributed by atoms with Crippen molar-refractivity contribution in [3.05, 3.63) is 23.8 Å². The normalized spacial score (nSPS) is 19.0. The fourth-order valence-corrected chi connectivity index (χ4v) is 1.79. The van der Waals surface area contributed by atoms with Crippen LogP contribution in [0.3, 0.4) is 0 Å². The Morgan fingerprint density at radius 3 is 3.06 bits per heavy atom. The molecule has 0 spiro atoms. The smallest absolute Gasteiger partial charge is 0.337 e. The fourth-order valence-electron chi connectivity index (χ4n) is 1.79. The second-order valence-electron chi connectivity index (χ2n) is 4.00. The van der Waals surface area contributed by atoms with Crippen molar-refractivity contribution in [2.45, 2.75) is 12.5 Å². The van der Waals surface area contributed by atoms with E-state index in [1.165, 1.54) is 7.11 Å². The number of nitrogens with two attached hydrogens (primary N) is 1. The van der Waals surface area contributed by atoms with Gasteiger partial charge in [0.05, 0.1) is 36.7 Å². The summed E-state index contributed by atoms with van der Waals surface area (Å²) in [6.07, 6.45) is 0.946. The molecule has 1 aliphatic rings. The second kappa shape index (κ2) is 5.05. The second-order valence-corrected chi connectivity index (χ2v) is 4.00. The average molecular weight is 236 g/mol. The molecular formula is C12H16N2O3. The van der Waals surface area contributed by atoms with Crippen LogP contribution in [0.1, 0.15) is 16.8 Å². The van der Waals surface area contributed by atoms with Crippen LogP contribution in [0.25, 0.3) is 0 Å². The summed E-state index contributed by atoms with van der Waals surface area (Å²) in [5, 5.41) is 3.27. The highest BCUT2D eigenvalue weighted by Crippen LogP contribution is 2.23. The maximum absolute atomic E-state index is 11.4. The molecule has 1 aromatic rings. The van der Waals surface area contributed by atoms with E-state index in [1.54, 1.807) is 18.2 Å². The number of benzene rings is 1. The Labute approximate surface area is 99.9 Å². The third kappa shape index (κ3) is 2.68. The van der Waals surface area contributed by atoms with E-state index in [0.29, 0.717) is 17.9 Å². The molecule has 5 heteroatoms. The van der Waals surface area contributed by atoms with Gasteiger partial charge in [0.2, 0.25) is 0 Å². The van der Waals surface area contributed by atoms with Gasteiger partial charge in [-0.3, -0.25) is 0 Å². The Kier molecular flexibility index (Phi) is 3.49. The van der Waals surface area contributed by atoms with E-state index in [9.17, 15) is 4.79 Å². The lowest BCUT2D eigenvalue weighted by Gasteiger charge is -2.15. The van der Waals surface area contributed by atoms with Crippen LogP contribution in [0.2, 0.25) is 0 Å². The molecule has 2 rings (SSSR count). The number of anilines is 2. The highest BCUT2D eigenvalue weighted by Gasteiger charge is 2.17. The number of carbonyl (C=O) groups excluding carboxylic acids is 1. The molecule has 0 saturated carbocycles. The van der Waals surface area contributed by atoms with E-state index < -0.39 is 0 Å². The number of hydrogen-bond acceptors (Lipinski definition) is 5. The van der Waals surface area contributed by atoms with Gasteiger partial charge in [-0.15, -0.1) is 0 Å². The Hall–Kier alpha value is -1.75. The van der Waals surface area contributed by atoms with Crippen LogP contribution in [0, 0.1) is 0 Å². The van der Waals surface area contributed by atoms with Crippen LogP contribution in [0.5, 0.6) is 0 Å². The number of carbonyl (C=O) groups is 1. The molecule has 1 aromatic carbocycles. The molecular weight excluding hydrogens is 220 g/mol. The SMILES string of the molecule is COC(=O)c1ccc(N)c(NC2CCOC2)c1. The van der Waals surface area contributed by atoms with E-state index in [0.717, 1.165) is 18.7 Å². The number of ether oxygens (including phenoxy) is 2. The maximum Gasteiger partial charge on any atom is 0.337 e. The summed E-state index contributed by atoms with van der Waals surface area (Å²) in [6.45, 7) is 1.43. The van der Waals surface area contributed by atoms with Gasteiger partial charge in [0.25, 0.3) is 0 Å². The van der Waals surface area contributed by atoms with E-state index >= 15 is 0 Å². The molecule has 0 radical (unpaired) electrons. The predicted molar refractivity (Wildman–Crippen MR) is 65.0 cm³/mol. The van der Waals surface area contributed by atoms with Crippen molar-refractivity contribution in [3.8, 4) is 0 Å². The first-order valence-electron chi connectivity index (χ1n) is 5.53. The number of hydrogen-bond donors (Lipinski definition) is 2. The minimum atomic E-state index is -0.365. The summed E-state index contributed by atoms with van der Waals surface area (Å²) in [5.41, 5.74) is 7.71. The molecule has 1 aliphatic heterocycles. The van der Waals surface area contributed by atoms with Gasteiger partial charge < -0.3 is 20.5 Å². The maximum atomic E-state index is 11.4. The van der Waals surface area contributed by atoms with Crippen LogP contribution in [-0.2, 0) is 9.47 Å². The van der Waals surface area contributed by atoms with E-state index in [-0.39, 0.29) is 12.0 Å². The van der Waals surface area contributed by atoms with Crippen molar-refractivity contribution in [2.75, 3.05) is 31.4 Å². The van der Waals surface area contributed by atoms with E-state index in [1.807, 2.05) is 0 Å². The summed E-state index contributed by atoms with van der Waals surface area (Å²) >= 11 is 0. The van der Waals surface area contributed by atoms with Crippen molar-refractivity contribution in [2.24, 2.45) is 0 Å². The largest absolute Gasteiger partial charge is 0.465 e. The molecule has 1 heterocycles. The number of rotatable bonds is 3. The topological polar surface area (TPSA) is 73.6 Å². The number of methoxy groups -OCH3 is 1. The molecule has 3 N–H and O–H groups in total. The van der Waals surface area contributed by atoms with Gasteiger partial charge in [0.15, 0.2) is 0 Å². The number of esters is 1. The third-order valence-corrected chi connectivity index (χ3v) is 2.76. The van der Waals surface area contributed by atoms with E-state index in [2.05, 4.69) is 10.1 Å². The van der Waals surface area contributed by atoms with Crippen molar-refractivity contribution >= 4 is 17.3 Å². The number of nitrogens with one attached hydrogen (secondary N) is 1. The third-order valence-electron chi connectivity index (χ3n) is 2.76. The molecule has 1 unspecified atom stereocenters. The molecule has 5 nitrogen and oxygen atoms in total. The molecule has 1 fully saturated rings. The van der Waals surface area contributed by atoms with Gasteiger partial charge in [0.1, 0.15) is 0 Å². The minimum absolute atomic E-state index is 0.255. The standard InChI is InChI=1S/C12H16N2O3/c1-16-12(15)8-2-3-10(13)11(6-8)14-9-4-5-17-7-9/h2-3,6,9,14H,4-5,7,13H2,1H3. The monoisotopic (exact) mass is 236 g/mol. The van der Waals surface area contributed by atoms with Gasteiger partial charge in [-0.05, 0) is 24.6 Å². The molecule has 92 valence electrons.